The van der Waals surface area contributed by atoms with E-state index in [0.29, 0.717) is 17.9 Å². The molecule has 96 valence electrons. The number of rotatable bonds is 3. The number of hydrogen-bond acceptors (Lipinski definition) is 6. The van der Waals surface area contributed by atoms with E-state index >= 15 is 0 Å². The lowest BCUT2D eigenvalue weighted by atomic mass is 10.1. The summed E-state index contributed by atoms with van der Waals surface area (Å²) >= 11 is 0. The minimum absolute atomic E-state index is 0.0378. The molecule has 0 saturated carbocycles. The lowest BCUT2D eigenvalue weighted by molar-refractivity contribution is -0.428. The van der Waals surface area contributed by atoms with Crippen LogP contribution in [0.1, 0.15) is 11.3 Å². The van der Waals surface area contributed by atoms with Crippen molar-refractivity contribution in [3.8, 4) is 6.07 Å². The molecule has 0 aliphatic carbocycles. The molecule has 0 unspecified atom stereocenters. The summed E-state index contributed by atoms with van der Waals surface area (Å²) in [6.07, 6.45) is 5.09. The van der Waals surface area contributed by atoms with E-state index in [1.54, 1.807) is 18.3 Å². The number of nitro groups is 1. The third kappa shape index (κ3) is 3.07. The first-order valence-electron chi connectivity index (χ1n) is 5.58. The van der Waals surface area contributed by atoms with Gasteiger partial charge in [0.15, 0.2) is 5.82 Å². The first kappa shape index (κ1) is 12.6. The van der Waals surface area contributed by atoms with Gasteiger partial charge in [0.25, 0.3) is 5.70 Å². The van der Waals surface area contributed by atoms with Crippen molar-refractivity contribution in [1.29, 1.82) is 5.26 Å². The minimum atomic E-state index is -0.424. The van der Waals surface area contributed by atoms with Gasteiger partial charge >= 0.3 is 0 Å². The summed E-state index contributed by atoms with van der Waals surface area (Å²) < 4.78 is 0. The first-order valence-corrected chi connectivity index (χ1v) is 5.58. The lowest BCUT2D eigenvalue weighted by Gasteiger charge is -2.14. The van der Waals surface area contributed by atoms with Crippen molar-refractivity contribution in [3.05, 3.63) is 63.5 Å². The van der Waals surface area contributed by atoms with Crippen LogP contribution in [0.3, 0.4) is 0 Å². The highest BCUT2D eigenvalue weighted by Crippen LogP contribution is 2.11. The third-order valence-corrected chi connectivity index (χ3v) is 2.56. The first-order chi connectivity index (χ1) is 9.20. The molecule has 2 rings (SSSR count). The second kappa shape index (κ2) is 5.64. The van der Waals surface area contributed by atoms with Crippen molar-refractivity contribution in [2.45, 2.75) is 6.42 Å². The van der Waals surface area contributed by atoms with Crippen LogP contribution in [0.4, 0.5) is 0 Å². The van der Waals surface area contributed by atoms with E-state index in [4.69, 9.17) is 5.26 Å². The molecule has 7 nitrogen and oxygen atoms in total. The summed E-state index contributed by atoms with van der Waals surface area (Å²) in [7, 11) is 0. The molecule has 0 bridgehead atoms. The summed E-state index contributed by atoms with van der Waals surface area (Å²) in [4.78, 5) is 14.6. The number of hydrogen-bond donors (Lipinski definition) is 2. The Labute approximate surface area is 109 Å². The molecule has 2 heterocycles. The lowest BCUT2D eigenvalue weighted by Crippen LogP contribution is -2.31. The van der Waals surface area contributed by atoms with E-state index < -0.39 is 4.92 Å². The summed E-state index contributed by atoms with van der Waals surface area (Å²) in [6, 6.07) is 5.10. The van der Waals surface area contributed by atoms with E-state index in [-0.39, 0.29) is 17.8 Å². The predicted octanol–water partition coefficient (Wildman–Crippen LogP) is 0.648. The average molecular weight is 257 g/mol. The topological polar surface area (TPSA) is 104 Å². The molecule has 0 saturated heterocycles. The Kier molecular flexibility index (Phi) is 3.73. The molecule has 0 amide bonds. The van der Waals surface area contributed by atoms with Crippen molar-refractivity contribution >= 4 is 0 Å². The zero-order valence-electron chi connectivity index (χ0n) is 9.96. The molecule has 0 atom stereocenters. The van der Waals surface area contributed by atoms with Gasteiger partial charge in [-0.2, -0.15) is 5.26 Å². The molecule has 19 heavy (non-hydrogen) atoms. The zero-order valence-corrected chi connectivity index (χ0v) is 9.96. The Morgan fingerprint density at radius 1 is 1.58 bits per heavy atom. The molecular formula is C12H11N5O2. The van der Waals surface area contributed by atoms with E-state index in [0.717, 1.165) is 0 Å². The molecule has 1 aliphatic rings. The maximum absolute atomic E-state index is 11.1. The largest absolute Gasteiger partial charge is 0.363 e. The SMILES string of the molecule is N#Cc1ccc(CC(=C2NC=CCN2)[N+](=O)[O-])cn1. The molecule has 1 aromatic rings. The van der Waals surface area contributed by atoms with Crippen LogP contribution in [0.15, 0.2) is 42.1 Å². The zero-order chi connectivity index (χ0) is 13.7. The molecule has 0 radical (unpaired) electrons. The second-order valence-electron chi connectivity index (χ2n) is 3.85. The van der Waals surface area contributed by atoms with Crippen molar-refractivity contribution in [1.82, 2.24) is 15.6 Å². The van der Waals surface area contributed by atoms with Crippen LogP contribution < -0.4 is 10.6 Å². The van der Waals surface area contributed by atoms with E-state index in [9.17, 15) is 10.1 Å². The molecule has 2 N–H and O–H groups in total. The molecular weight excluding hydrogens is 246 g/mol. The summed E-state index contributed by atoms with van der Waals surface area (Å²) in [5.74, 6) is 0.386. The normalized spacial score (nSPS) is 15.9. The highest BCUT2D eigenvalue weighted by atomic mass is 16.6. The Morgan fingerprint density at radius 3 is 2.95 bits per heavy atom. The monoisotopic (exact) mass is 257 g/mol. The fourth-order valence-electron chi connectivity index (χ4n) is 1.63. The molecule has 7 heteroatoms. The quantitative estimate of drug-likeness (QED) is 0.608. The van der Waals surface area contributed by atoms with Gasteiger partial charge in [0.2, 0.25) is 0 Å². The number of aromatic nitrogens is 1. The molecule has 0 spiro atoms. The number of nitrogens with zero attached hydrogens (tertiary/aromatic N) is 3. The van der Waals surface area contributed by atoms with Gasteiger partial charge in [0, 0.05) is 18.9 Å². The Balaban J connectivity index is 2.24. The van der Waals surface area contributed by atoms with E-state index in [1.165, 1.54) is 6.20 Å². The van der Waals surface area contributed by atoms with Gasteiger partial charge < -0.3 is 10.6 Å². The molecule has 1 aliphatic heterocycles. The Bertz CT molecular complexity index is 583. The number of nitriles is 1. The maximum Gasteiger partial charge on any atom is 0.290 e. The van der Waals surface area contributed by atoms with Gasteiger partial charge in [-0.15, -0.1) is 0 Å². The summed E-state index contributed by atoms with van der Waals surface area (Å²) in [5.41, 5.74) is 1.00. The maximum atomic E-state index is 11.1. The van der Waals surface area contributed by atoms with Gasteiger partial charge in [-0.05, 0) is 17.7 Å². The average Bonchev–Trinajstić information content (AvgIpc) is 2.46. The van der Waals surface area contributed by atoms with Gasteiger partial charge in [-0.1, -0.05) is 6.07 Å². The molecule has 1 aromatic heterocycles. The minimum Gasteiger partial charge on any atom is -0.363 e. The molecule has 0 aromatic carbocycles. The van der Waals surface area contributed by atoms with Gasteiger partial charge in [0.1, 0.15) is 11.8 Å². The van der Waals surface area contributed by atoms with Crippen molar-refractivity contribution < 1.29 is 4.92 Å². The summed E-state index contributed by atoms with van der Waals surface area (Å²) in [6.45, 7) is 0.547. The van der Waals surface area contributed by atoms with Crippen molar-refractivity contribution in [3.63, 3.8) is 0 Å². The standard InChI is InChI=1S/C12H11N5O2/c13-7-10-3-2-9(8-16-10)6-11(17(18)19)12-14-4-1-5-15-12/h1-4,8,14-15H,5-6H2. The Morgan fingerprint density at radius 2 is 2.42 bits per heavy atom. The van der Waals surface area contributed by atoms with Crippen LogP contribution in [0.5, 0.6) is 0 Å². The predicted molar refractivity (Wildman–Crippen MR) is 67.0 cm³/mol. The van der Waals surface area contributed by atoms with Gasteiger partial charge in [0.05, 0.1) is 11.3 Å². The van der Waals surface area contributed by atoms with E-state index in [2.05, 4.69) is 15.6 Å². The Hall–Kier alpha value is -2.88. The highest BCUT2D eigenvalue weighted by molar-refractivity contribution is 5.26. The summed E-state index contributed by atoms with van der Waals surface area (Å²) in [5, 5.41) is 25.5. The van der Waals surface area contributed by atoms with Gasteiger partial charge in [-0.25, -0.2) is 4.98 Å². The number of nitrogens with one attached hydrogen (secondary N) is 2. The van der Waals surface area contributed by atoms with Crippen LogP contribution >= 0.6 is 0 Å². The third-order valence-electron chi connectivity index (χ3n) is 2.56. The van der Waals surface area contributed by atoms with Gasteiger partial charge in [-0.3, -0.25) is 10.1 Å². The number of pyridine rings is 1. The van der Waals surface area contributed by atoms with Crippen LogP contribution in [-0.2, 0) is 6.42 Å². The van der Waals surface area contributed by atoms with Crippen LogP contribution in [0.2, 0.25) is 0 Å². The van der Waals surface area contributed by atoms with Crippen LogP contribution in [-0.4, -0.2) is 16.5 Å². The number of allylic oxidation sites excluding steroid dienone is 1. The van der Waals surface area contributed by atoms with Crippen LogP contribution in [0, 0.1) is 21.4 Å². The van der Waals surface area contributed by atoms with Crippen molar-refractivity contribution in [2.24, 2.45) is 0 Å². The fourth-order valence-corrected chi connectivity index (χ4v) is 1.63. The molecule has 0 fully saturated rings. The second-order valence-corrected chi connectivity index (χ2v) is 3.85. The van der Waals surface area contributed by atoms with E-state index in [1.807, 2.05) is 12.1 Å². The smallest absolute Gasteiger partial charge is 0.290 e. The fraction of sp³-hybridized carbons (Fsp3) is 0.167. The highest BCUT2D eigenvalue weighted by Gasteiger charge is 2.20. The van der Waals surface area contributed by atoms with Crippen LogP contribution in [0.25, 0.3) is 0 Å². The van der Waals surface area contributed by atoms with Crippen molar-refractivity contribution in [2.75, 3.05) is 6.54 Å².